The zero-order chi connectivity index (χ0) is 11.3. The normalized spacial score (nSPS) is 12.8. The Hall–Kier alpha value is -1.36. The lowest BCUT2D eigenvalue weighted by molar-refractivity contribution is -0.121. The van der Waals surface area contributed by atoms with Crippen molar-refractivity contribution < 1.29 is 4.79 Å². The number of carbonyl (C=O) groups excluding carboxylic acids is 1. The third-order valence-corrected chi connectivity index (χ3v) is 2.31. The van der Waals surface area contributed by atoms with E-state index in [-0.39, 0.29) is 11.9 Å². The number of rotatable bonds is 5. The van der Waals surface area contributed by atoms with Gasteiger partial charge in [-0.3, -0.25) is 4.79 Å². The Morgan fingerprint density at radius 2 is 2.40 bits per heavy atom. The topological polar surface area (TPSA) is 83.8 Å². The van der Waals surface area contributed by atoms with Crippen molar-refractivity contribution in [3.63, 3.8) is 0 Å². The van der Waals surface area contributed by atoms with Gasteiger partial charge in [0.25, 0.3) is 0 Å². The molecule has 0 saturated heterocycles. The van der Waals surface area contributed by atoms with Crippen LogP contribution >= 0.6 is 0 Å². The van der Waals surface area contributed by atoms with Crippen LogP contribution in [0.1, 0.15) is 26.0 Å². The third-order valence-electron chi connectivity index (χ3n) is 2.31. The Bertz CT molecular complexity index is 294. The lowest BCUT2D eigenvalue weighted by Gasteiger charge is -2.14. The van der Waals surface area contributed by atoms with Crippen LogP contribution in [0.5, 0.6) is 0 Å². The molecule has 4 N–H and O–H groups in total. The van der Waals surface area contributed by atoms with Crippen LogP contribution in [0.4, 0.5) is 0 Å². The number of H-pyrrole nitrogens is 1. The summed E-state index contributed by atoms with van der Waals surface area (Å²) in [6, 6.07) is -0.0771. The summed E-state index contributed by atoms with van der Waals surface area (Å²) < 4.78 is 0. The Kier molecular flexibility index (Phi) is 4.30. The van der Waals surface area contributed by atoms with Crippen LogP contribution in [-0.2, 0) is 11.3 Å². The minimum atomic E-state index is -0.0771. The highest BCUT2D eigenvalue weighted by molar-refractivity contribution is 5.76. The summed E-state index contributed by atoms with van der Waals surface area (Å²) in [6.07, 6.45) is 3.63. The molecule has 5 nitrogen and oxygen atoms in total. The SMILES string of the molecule is CC(C)C(N)CC(=O)NCc1cnc[nH]1. The highest BCUT2D eigenvalue weighted by Gasteiger charge is 2.12. The van der Waals surface area contributed by atoms with E-state index in [4.69, 9.17) is 5.73 Å². The highest BCUT2D eigenvalue weighted by Crippen LogP contribution is 2.02. The molecule has 5 heteroatoms. The minimum Gasteiger partial charge on any atom is -0.350 e. The van der Waals surface area contributed by atoms with Crippen molar-refractivity contribution in [3.05, 3.63) is 18.2 Å². The number of imidazole rings is 1. The van der Waals surface area contributed by atoms with Gasteiger partial charge in [0.1, 0.15) is 0 Å². The molecule has 0 fully saturated rings. The largest absolute Gasteiger partial charge is 0.350 e. The van der Waals surface area contributed by atoms with Gasteiger partial charge in [0.2, 0.25) is 5.91 Å². The number of hydrogen-bond donors (Lipinski definition) is 3. The van der Waals surface area contributed by atoms with Crippen molar-refractivity contribution in [1.82, 2.24) is 15.3 Å². The van der Waals surface area contributed by atoms with E-state index in [1.807, 2.05) is 13.8 Å². The number of aromatic nitrogens is 2. The van der Waals surface area contributed by atoms with Crippen LogP contribution < -0.4 is 11.1 Å². The molecule has 0 spiro atoms. The van der Waals surface area contributed by atoms with Gasteiger partial charge in [0.05, 0.1) is 18.6 Å². The van der Waals surface area contributed by atoms with Gasteiger partial charge in [-0.05, 0) is 5.92 Å². The second-order valence-corrected chi connectivity index (χ2v) is 3.97. The lowest BCUT2D eigenvalue weighted by Crippen LogP contribution is -2.34. The van der Waals surface area contributed by atoms with Crippen LogP contribution in [0.25, 0.3) is 0 Å². The third kappa shape index (κ3) is 4.12. The average molecular weight is 210 g/mol. The van der Waals surface area contributed by atoms with Gasteiger partial charge >= 0.3 is 0 Å². The number of nitrogens with one attached hydrogen (secondary N) is 2. The van der Waals surface area contributed by atoms with Crippen molar-refractivity contribution >= 4 is 5.91 Å². The number of amides is 1. The van der Waals surface area contributed by atoms with E-state index in [9.17, 15) is 4.79 Å². The predicted octanol–water partition coefficient (Wildman–Crippen LogP) is 0.399. The quantitative estimate of drug-likeness (QED) is 0.657. The summed E-state index contributed by atoms with van der Waals surface area (Å²) in [5.41, 5.74) is 6.68. The molecule has 0 aromatic carbocycles. The van der Waals surface area contributed by atoms with Crippen LogP contribution in [0.3, 0.4) is 0 Å². The van der Waals surface area contributed by atoms with Crippen LogP contribution in [0, 0.1) is 5.92 Å². The molecule has 0 aliphatic heterocycles. The van der Waals surface area contributed by atoms with E-state index < -0.39 is 0 Å². The van der Waals surface area contributed by atoms with Gasteiger partial charge in [-0.2, -0.15) is 0 Å². The highest BCUT2D eigenvalue weighted by atomic mass is 16.1. The first-order chi connectivity index (χ1) is 7.09. The molecule has 1 unspecified atom stereocenters. The summed E-state index contributed by atoms with van der Waals surface area (Å²) in [4.78, 5) is 18.2. The lowest BCUT2D eigenvalue weighted by atomic mass is 10.0. The van der Waals surface area contributed by atoms with Crippen LogP contribution in [0.2, 0.25) is 0 Å². The zero-order valence-electron chi connectivity index (χ0n) is 9.16. The summed E-state index contributed by atoms with van der Waals surface area (Å²) >= 11 is 0. The van der Waals surface area contributed by atoms with Gasteiger partial charge < -0.3 is 16.0 Å². The molecule has 1 heterocycles. The van der Waals surface area contributed by atoms with Crippen molar-refractivity contribution in [2.75, 3.05) is 0 Å². The summed E-state index contributed by atoms with van der Waals surface area (Å²) in [5.74, 6) is 0.300. The number of nitrogens with two attached hydrogens (primary N) is 1. The van der Waals surface area contributed by atoms with Gasteiger partial charge in [-0.1, -0.05) is 13.8 Å². The molecule has 1 rings (SSSR count). The Morgan fingerprint density at radius 1 is 1.67 bits per heavy atom. The molecular formula is C10H18N4O. The van der Waals surface area contributed by atoms with E-state index in [0.717, 1.165) is 5.69 Å². The first kappa shape index (κ1) is 11.7. The smallest absolute Gasteiger partial charge is 0.221 e. The van der Waals surface area contributed by atoms with Crippen molar-refractivity contribution in [2.45, 2.75) is 32.9 Å². The standard InChI is InChI=1S/C10H18N4O/c1-7(2)9(11)3-10(15)13-5-8-4-12-6-14-8/h4,6-7,9H,3,5,11H2,1-2H3,(H,12,14)(H,13,15). The molecule has 1 aromatic rings. The van der Waals surface area contributed by atoms with E-state index in [1.165, 1.54) is 0 Å². The van der Waals surface area contributed by atoms with Gasteiger partial charge in [-0.15, -0.1) is 0 Å². The van der Waals surface area contributed by atoms with Crippen molar-refractivity contribution in [3.8, 4) is 0 Å². The van der Waals surface area contributed by atoms with Gasteiger partial charge in [0.15, 0.2) is 0 Å². The first-order valence-corrected chi connectivity index (χ1v) is 5.09. The molecule has 84 valence electrons. The summed E-state index contributed by atoms with van der Waals surface area (Å²) in [6.45, 7) is 4.49. The zero-order valence-corrected chi connectivity index (χ0v) is 9.16. The molecule has 1 aromatic heterocycles. The first-order valence-electron chi connectivity index (χ1n) is 5.09. The molecule has 0 bridgehead atoms. The van der Waals surface area contributed by atoms with Crippen LogP contribution in [-0.4, -0.2) is 21.9 Å². The Morgan fingerprint density at radius 3 is 2.93 bits per heavy atom. The molecule has 0 saturated carbocycles. The maximum atomic E-state index is 11.4. The molecule has 1 amide bonds. The fraction of sp³-hybridized carbons (Fsp3) is 0.600. The number of nitrogens with zero attached hydrogens (tertiary/aromatic N) is 1. The molecule has 0 aliphatic carbocycles. The second kappa shape index (κ2) is 5.50. The van der Waals surface area contributed by atoms with Crippen LogP contribution in [0.15, 0.2) is 12.5 Å². The Labute approximate surface area is 89.5 Å². The van der Waals surface area contributed by atoms with E-state index in [2.05, 4.69) is 15.3 Å². The van der Waals surface area contributed by atoms with E-state index in [0.29, 0.717) is 18.9 Å². The summed E-state index contributed by atoms with van der Waals surface area (Å²) in [7, 11) is 0. The maximum absolute atomic E-state index is 11.4. The molecule has 0 aliphatic rings. The van der Waals surface area contributed by atoms with E-state index >= 15 is 0 Å². The number of hydrogen-bond acceptors (Lipinski definition) is 3. The fourth-order valence-corrected chi connectivity index (χ4v) is 1.10. The molecule has 0 radical (unpaired) electrons. The van der Waals surface area contributed by atoms with Crippen molar-refractivity contribution in [1.29, 1.82) is 0 Å². The summed E-state index contributed by atoms with van der Waals surface area (Å²) in [5, 5.41) is 2.78. The molecular weight excluding hydrogens is 192 g/mol. The van der Waals surface area contributed by atoms with Gasteiger partial charge in [0, 0.05) is 18.7 Å². The number of aromatic amines is 1. The molecule has 15 heavy (non-hydrogen) atoms. The predicted molar refractivity (Wildman–Crippen MR) is 57.9 cm³/mol. The minimum absolute atomic E-state index is 0.0224. The fourth-order valence-electron chi connectivity index (χ4n) is 1.10. The van der Waals surface area contributed by atoms with Crippen molar-refractivity contribution in [2.24, 2.45) is 11.7 Å². The monoisotopic (exact) mass is 210 g/mol. The molecule has 1 atom stereocenters. The maximum Gasteiger partial charge on any atom is 0.221 e. The number of carbonyl (C=O) groups is 1. The van der Waals surface area contributed by atoms with Gasteiger partial charge in [-0.25, -0.2) is 4.98 Å². The second-order valence-electron chi connectivity index (χ2n) is 3.97. The average Bonchev–Trinajstić information content (AvgIpc) is 2.66. The Balaban J connectivity index is 2.25. The van der Waals surface area contributed by atoms with E-state index in [1.54, 1.807) is 12.5 Å².